The maximum atomic E-state index is 13.4. The van der Waals surface area contributed by atoms with Gasteiger partial charge < -0.3 is 4.98 Å². The third-order valence-electron chi connectivity index (χ3n) is 5.44. The predicted molar refractivity (Wildman–Crippen MR) is 113 cm³/mol. The molecule has 0 saturated carbocycles. The molecule has 3 heterocycles. The monoisotopic (exact) mass is 408 g/mol. The Balaban J connectivity index is 1.73. The number of benzene rings is 2. The Kier molecular flexibility index (Phi) is 4.16. The van der Waals surface area contributed by atoms with Crippen LogP contribution in [0.15, 0.2) is 70.3 Å². The smallest absolute Gasteiger partial charge is 0.253 e. The minimum Gasteiger partial charge on any atom is -0.357 e. The highest BCUT2D eigenvalue weighted by Gasteiger charge is 2.39. The first-order chi connectivity index (χ1) is 13.6. The molecule has 1 atom stereocenters. The lowest BCUT2D eigenvalue weighted by Gasteiger charge is -2.35. The van der Waals surface area contributed by atoms with Gasteiger partial charge >= 0.3 is 0 Å². The molecule has 2 aromatic carbocycles. The largest absolute Gasteiger partial charge is 0.357 e. The van der Waals surface area contributed by atoms with Gasteiger partial charge in [0.05, 0.1) is 6.04 Å². The molecule has 1 aliphatic heterocycles. The van der Waals surface area contributed by atoms with Crippen molar-refractivity contribution in [3.63, 3.8) is 0 Å². The lowest BCUT2D eigenvalue weighted by Crippen LogP contribution is -2.40. The molecule has 0 bridgehead atoms. The van der Waals surface area contributed by atoms with Gasteiger partial charge in [0.15, 0.2) is 0 Å². The second kappa shape index (κ2) is 6.58. The van der Waals surface area contributed by atoms with E-state index in [4.69, 9.17) is 0 Å². The molecular formula is C22H20N2O2S2. The topological polar surface area (TPSA) is 53.2 Å². The van der Waals surface area contributed by atoms with Crippen molar-refractivity contribution in [3.8, 4) is 0 Å². The van der Waals surface area contributed by atoms with Crippen LogP contribution >= 0.6 is 11.3 Å². The number of sulfonamides is 1. The molecule has 5 rings (SSSR count). The van der Waals surface area contributed by atoms with Crippen molar-refractivity contribution in [3.05, 3.63) is 88.4 Å². The van der Waals surface area contributed by atoms with E-state index in [1.165, 1.54) is 22.3 Å². The first kappa shape index (κ1) is 17.7. The molecule has 0 amide bonds. The third-order valence-corrected chi connectivity index (χ3v) is 8.68. The fourth-order valence-corrected chi connectivity index (χ4v) is 6.79. The van der Waals surface area contributed by atoms with Crippen LogP contribution in [0, 0.1) is 6.92 Å². The number of aryl methyl sites for hydroxylation is 1. The summed E-state index contributed by atoms with van der Waals surface area (Å²) in [6, 6.07) is 19.5. The summed E-state index contributed by atoms with van der Waals surface area (Å²) in [5.41, 5.74) is 5.40. The zero-order valence-corrected chi connectivity index (χ0v) is 17.1. The van der Waals surface area contributed by atoms with Crippen molar-refractivity contribution in [2.75, 3.05) is 6.54 Å². The fraction of sp³-hybridized carbons (Fsp3) is 0.182. The average Bonchev–Trinajstić information content (AvgIpc) is 3.36. The number of thiophene rings is 1. The zero-order valence-electron chi connectivity index (χ0n) is 15.4. The number of fused-ring (bicyclic) bond motifs is 3. The summed E-state index contributed by atoms with van der Waals surface area (Å²) in [7, 11) is -3.57. The van der Waals surface area contributed by atoms with E-state index in [-0.39, 0.29) is 6.04 Å². The molecule has 6 heteroatoms. The maximum absolute atomic E-state index is 13.4. The van der Waals surface area contributed by atoms with Gasteiger partial charge in [0.2, 0.25) is 0 Å². The van der Waals surface area contributed by atoms with Crippen molar-refractivity contribution in [1.82, 2.24) is 9.29 Å². The van der Waals surface area contributed by atoms with E-state index in [0.29, 0.717) is 17.2 Å². The maximum Gasteiger partial charge on any atom is 0.253 e. The van der Waals surface area contributed by atoms with Crippen LogP contribution in [-0.2, 0) is 16.4 Å². The van der Waals surface area contributed by atoms with Gasteiger partial charge in [-0.3, -0.25) is 0 Å². The number of aromatic amines is 1. The Morgan fingerprint density at radius 1 is 1.04 bits per heavy atom. The molecule has 1 unspecified atom stereocenters. The quantitative estimate of drug-likeness (QED) is 0.526. The second-order valence-electron chi connectivity index (χ2n) is 7.17. The van der Waals surface area contributed by atoms with Crippen molar-refractivity contribution in [2.24, 2.45) is 0 Å². The van der Waals surface area contributed by atoms with Crippen LogP contribution in [-0.4, -0.2) is 24.3 Å². The summed E-state index contributed by atoms with van der Waals surface area (Å²) in [5, 5.41) is 2.99. The number of hydrogen-bond acceptors (Lipinski definition) is 3. The van der Waals surface area contributed by atoms with Gasteiger partial charge in [-0.05, 0) is 42.0 Å². The average molecular weight is 409 g/mol. The van der Waals surface area contributed by atoms with Crippen LogP contribution in [0.25, 0.3) is 10.9 Å². The van der Waals surface area contributed by atoms with E-state index in [1.807, 2.05) is 48.7 Å². The van der Waals surface area contributed by atoms with Crippen LogP contribution in [0.1, 0.15) is 28.4 Å². The standard InChI is InChI=1S/C22H20N2O2S2/c1-15-8-10-16(11-9-15)22-21-18(17-5-2-3-6-19(17)23-21)12-13-24(22)28(25,26)20-7-4-14-27-20/h2-11,14,22-23H,12-13H2,1H3. The lowest BCUT2D eigenvalue weighted by atomic mass is 9.94. The highest BCUT2D eigenvalue weighted by atomic mass is 32.2. The number of rotatable bonds is 3. The molecule has 1 N–H and O–H groups in total. The molecule has 4 nitrogen and oxygen atoms in total. The summed E-state index contributed by atoms with van der Waals surface area (Å²) >= 11 is 1.27. The first-order valence-corrected chi connectivity index (χ1v) is 11.6. The predicted octanol–water partition coefficient (Wildman–Crippen LogP) is 4.87. The summed E-state index contributed by atoms with van der Waals surface area (Å²) < 4.78 is 28.9. The van der Waals surface area contributed by atoms with Gasteiger partial charge in [-0.2, -0.15) is 4.31 Å². The number of H-pyrrole nitrogens is 1. The highest BCUT2D eigenvalue weighted by molar-refractivity contribution is 7.91. The number of nitrogens with zero attached hydrogens (tertiary/aromatic N) is 1. The van der Waals surface area contributed by atoms with Crippen molar-refractivity contribution >= 4 is 32.3 Å². The van der Waals surface area contributed by atoms with Crippen LogP contribution in [0.5, 0.6) is 0 Å². The second-order valence-corrected chi connectivity index (χ2v) is 10.2. The van der Waals surface area contributed by atoms with Gasteiger partial charge in [0.25, 0.3) is 10.0 Å². The van der Waals surface area contributed by atoms with Crippen molar-refractivity contribution in [2.45, 2.75) is 23.6 Å². The van der Waals surface area contributed by atoms with E-state index in [1.54, 1.807) is 16.4 Å². The fourth-order valence-electron chi connectivity index (χ4n) is 4.09. The van der Waals surface area contributed by atoms with Gasteiger partial charge in [-0.25, -0.2) is 8.42 Å². The molecule has 1 aliphatic rings. The van der Waals surface area contributed by atoms with Crippen molar-refractivity contribution in [1.29, 1.82) is 0 Å². The lowest BCUT2D eigenvalue weighted by molar-refractivity contribution is 0.341. The first-order valence-electron chi connectivity index (χ1n) is 9.27. The third kappa shape index (κ3) is 2.71. The summed E-state index contributed by atoms with van der Waals surface area (Å²) in [4.78, 5) is 3.52. The molecule has 142 valence electrons. The molecular weight excluding hydrogens is 388 g/mol. The van der Waals surface area contributed by atoms with E-state index in [0.717, 1.165) is 22.3 Å². The number of nitrogens with one attached hydrogen (secondary N) is 1. The Morgan fingerprint density at radius 3 is 2.57 bits per heavy atom. The zero-order chi connectivity index (χ0) is 19.3. The Labute approximate surface area is 168 Å². The minimum atomic E-state index is -3.57. The number of aromatic nitrogens is 1. The minimum absolute atomic E-state index is 0.358. The molecule has 0 spiro atoms. The highest BCUT2D eigenvalue weighted by Crippen LogP contribution is 2.41. The summed E-state index contributed by atoms with van der Waals surface area (Å²) in [5.74, 6) is 0. The normalized spacial score (nSPS) is 17.7. The van der Waals surface area contributed by atoms with Crippen LogP contribution in [0.2, 0.25) is 0 Å². The Hall–Kier alpha value is -2.41. The van der Waals surface area contributed by atoms with Crippen molar-refractivity contribution < 1.29 is 8.42 Å². The van der Waals surface area contributed by atoms with Gasteiger partial charge in [0, 0.05) is 23.1 Å². The molecule has 2 aromatic heterocycles. The number of para-hydroxylation sites is 1. The molecule has 0 fully saturated rings. The Morgan fingerprint density at radius 2 is 1.82 bits per heavy atom. The van der Waals surface area contributed by atoms with Crippen LogP contribution in [0.3, 0.4) is 0 Å². The van der Waals surface area contributed by atoms with Crippen LogP contribution in [0.4, 0.5) is 0 Å². The number of hydrogen-bond donors (Lipinski definition) is 1. The molecule has 0 saturated heterocycles. The van der Waals surface area contributed by atoms with Gasteiger partial charge in [0.1, 0.15) is 4.21 Å². The van der Waals surface area contributed by atoms with E-state index in [9.17, 15) is 8.42 Å². The molecule has 28 heavy (non-hydrogen) atoms. The van der Waals surface area contributed by atoms with Gasteiger partial charge in [-0.15, -0.1) is 11.3 Å². The SMILES string of the molecule is Cc1ccc(C2c3[nH]c4ccccc4c3CCN2S(=O)(=O)c2cccs2)cc1. The van der Waals surface area contributed by atoms with E-state index < -0.39 is 10.0 Å². The summed E-state index contributed by atoms with van der Waals surface area (Å²) in [6.45, 7) is 2.51. The molecule has 4 aromatic rings. The summed E-state index contributed by atoms with van der Waals surface area (Å²) in [6.07, 6.45) is 0.701. The molecule has 0 radical (unpaired) electrons. The Bertz CT molecular complexity index is 1240. The van der Waals surface area contributed by atoms with E-state index >= 15 is 0 Å². The van der Waals surface area contributed by atoms with Crippen LogP contribution < -0.4 is 0 Å². The van der Waals surface area contributed by atoms with Gasteiger partial charge in [-0.1, -0.05) is 54.1 Å². The van der Waals surface area contributed by atoms with E-state index in [2.05, 4.69) is 17.1 Å². The molecule has 0 aliphatic carbocycles.